The summed E-state index contributed by atoms with van der Waals surface area (Å²) in [5.74, 6) is -1.36. The number of esters is 2. The number of rotatable bonds is 0. The predicted molar refractivity (Wildman–Crippen MR) is 37.5 cm³/mol. The zero-order valence-electron chi connectivity index (χ0n) is 4.73. The van der Waals surface area contributed by atoms with Crippen LogP contribution in [0.1, 0.15) is 6.42 Å². The van der Waals surface area contributed by atoms with Crippen molar-refractivity contribution < 1.29 is 19.1 Å². The van der Waals surface area contributed by atoms with Gasteiger partial charge in [-0.1, -0.05) is 25.3 Å². The average Bonchev–Trinajstić information content (AvgIpc) is 1.54. The maximum absolute atomic E-state index is 10.5. The van der Waals surface area contributed by atoms with Crippen LogP contribution in [-0.2, 0) is 19.1 Å². The Hall–Kier alpha value is -0.360. The van der Waals surface area contributed by atoms with Crippen molar-refractivity contribution in [3.8, 4) is 0 Å². The summed E-state index contributed by atoms with van der Waals surface area (Å²) in [5, 5.41) is 0. The van der Waals surface area contributed by atoms with Gasteiger partial charge in [-0.15, -0.1) is 0 Å². The van der Waals surface area contributed by atoms with E-state index in [0.717, 1.165) is 0 Å². The van der Waals surface area contributed by atoms with E-state index in [4.69, 9.17) is 0 Å². The third-order valence-corrected chi connectivity index (χ3v) is 1.15. The van der Waals surface area contributed by atoms with Crippen LogP contribution in [0.4, 0.5) is 0 Å². The monoisotopic (exact) mass is 180 g/mol. The summed E-state index contributed by atoms with van der Waals surface area (Å²) in [5.41, 5.74) is 0. The zero-order chi connectivity index (χ0) is 7.78. The molecule has 0 unspecified atom stereocenters. The lowest BCUT2D eigenvalue weighted by Gasteiger charge is -2.25. The zero-order valence-corrected chi connectivity index (χ0v) is 6.52. The highest BCUT2D eigenvalue weighted by Gasteiger charge is 2.36. The Kier molecular flexibility index (Phi) is 1.82. The van der Waals surface area contributed by atoms with E-state index in [2.05, 4.69) is 34.7 Å². The van der Waals surface area contributed by atoms with Crippen molar-refractivity contribution in [3.05, 3.63) is 0 Å². The fourth-order valence-electron chi connectivity index (χ4n) is 0.507. The largest absolute Gasteiger partial charge is 0.403 e. The van der Waals surface area contributed by atoms with Gasteiger partial charge in [-0.2, -0.15) is 0 Å². The second-order valence-corrected chi connectivity index (χ2v) is 3.20. The Morgan fingerprint density at radius 1 is 1.20 bits per heavy atom. The van der Waals surface area contributed by atoms with Crippen LogP contribution in [0.5, 0.6) is 0 Å². The Labute approximate surface area is 67.7 Å². The third-order valence-electron chi connectivity index (χ3n) is 0.782. The van der Waals surface area contributed by atoms with E-state index in [1.165, 1.54) is 0 Å². The first-order valence-corrected chi connectivity index (χ1v) is 3.27. The summed E-state index contributed by atoms with van der Waals surface area (Å²) in [6.45, 7) is 0. The fraction of sp³-hybridized carbons (Fsp3) is 0.500. The fourth-order valence-corrected chi connectivity index (χ4v) is 0.915. The summed E-state index contributed by atoms with van der Waals surface area (Å²) >= 11 is 7.23. The molecule has 1 rings (SSSR count). The van der Waals surface area contributed by atoms with Crippen LogP contribution in [0.3, 0.4) is 0 Å². The maximum Gasteiger partial charge on any atom is 0.352 e. The van der Waals surface area contributed by atoms with Gasteiger partial charge in [0.1, 0.15) is 6.42 Å². The molecule has 0 bridgehead atoms. The first-order valence-electron chi connectivity index (χ1n) is 2.38. The minimum atomic E-state index is -1.69. The lowest BCUT2D eigenvalue weighted by molar-refractivity contribution is -0.192. The molecule has 0 aliphatic carbocycles. The molecule has 0 aromatic carbocycles. The molecule has 1 saturated heterocycles. The molecule has 0 radical (unpaired) electrons. The molecular formula is C4H4O4S2. The molecule has 1 aliphatic rings. The standard InChI is InChI=1S/C4H4O4S2/c5-2-1-3(6)8-4(9,10)7-2/h9-10H,1H2. The van der Waals surface area contributed by atoms with Gasteiger partial charge in [0, 0.05) is 0 Å². The lowest BCUT2D eigenvalue weighted by Crippen LogP contribution is -2.36. The topological polar surface area (TPSA) is 52.6 Å². The molecule has 56 valence electrons. The third kappa shape index (κ3) is 1.81. The second-order valence-electron chi connectivity index (χ2n) is 1.67. The smallest absolute Gasteiger partial charge is 0.352 e. The normalized spacial score (nSPS) is 23.4. The number of ether oxygens (including phenoxy) is 2. The predicted octanol–water partition coefficient (Wildman–Crippen LogP) is -0.0526. The Balaban J connectivity index is 2.68. The molecule has 1 aliphatic heterocycles. The lowest BCUT2D eigenvalue weighted by atomic mass is 10.4. The number of carbonyl (C=O) groups excluding carboxylic acids is 2. The number of cyclic esters (lactones) is 2. The van der Waals surface area contributed by atoms with Crippen molar-refractivity contribution in [3.63, 3.8) is 0 Å². The Morgan fingerprint density at radius 3 is 1.90 bits per heavy atom. The van der Waals surface area contributed by atoms with Crippen molar-refractivity contribution >= 4 is 37.2 Å². The van der Waals surface area contributed by atoms with Crippen LogP contribution >= 0.6 is 25.3 Å². The molecule has 0 aromatic rings. The highest BCUT2D eigenvalue weighted by Crippen LogP contribution is 2.27. The van der Waals surface area contributed by atoms with Gasteiger partial charge in [-0.25, -0.2) is 0 Å². The SMILES string of the molecule is O=C1CC(=O)OC(S)(S)O1. The van der Waals surface area contributed by atoms with Gasteiger partial charge in [0.15, 0.2) is 0 Å². The van der Waals surface area contributed by atoms with Crippen LogP contribution in [-0.4, -0.2) is 16.4 Å². The highest BCUT2D eigenvalue weighted by atomic mass is 32.2. The van der Waals surface area contributed by atoms with Crippen molar-refractivity contribution in [2.45, 2.75) is 10.9 Å². The molecule has 0 aromatic heterocycles. The second kappa shape index (κ2) is 2.35. The van der Waals surface area contributed by atoms with Crippen LogP contribution in [0.15, 0.2) is 0 Å². The van der Waals surface area contributed by atoms with Crippen LogP contribution in [0.25, 0.3) is 0 Å². The van der Waals surface area contributed by atoms with Crippen LogP contribution < -0.4 is 0 Å². The van der Waals surface area contributed by atoms with Crippen LogP contribution in [0, 0.1) is 0 Å². The summed E-state index contributed by atoms with van der Waals surface area (Å²) in [6, 6.07) is 0. The van der Waals surface area contributed by atoms with Crippen LogP contribution in [0.2, 0.25) is 0 Å². The quantitative estimate of drug-likeness (QED) is 0.237. The number of carbonyl (C=O) groups is 2. The molecule has 0 N–H and O–H groups in total. The van der Waals surface area contributed by atoms with Gasteiger partial charge in [0.2, 0.25) is 0 Å². The minimum Gasteiger partial charge on any atom is -0.403 e. The van der Waals surface area contributed by atoms with Gasteiger partial charge in [-0.3, -0.25) is 9.59 Å². The Morgan fingerprint density at radius 2 is 1.60 bits per heavy atom. The molecule has 6 heteroatoms. The Bertz CT molecular complexity index is 170. The summed E-state index contributed by atoms with van der Waals surface area (Å²) in [4.78, 5) is 20.9. The molecule has 1 fully saturated rings. The molecule has 4 nitrogen and oxygen atoms in total. The van der Waals surface area contributed by atoms with Crippen molar-refractivity contribution in [1.29, 1.82) is 0 Å². The maximum atomic E-state index is 10.5. The van der Waals surface area contributed by atoms with E-state index in [9.17, 15) is 9.59 Å². The van der Waals surface area contributed by atoms with Gasteiger partial charge >= 0.3 is 16.4 Å². The van der Waals surface area contributed by atoms with Crippen molar-refractivity contribution in [1.82, 2.24) is 0 Å². The molecular weight excluding hydrogens is 176 g/mol. The van der Waals surface area contributed by atoms with Gasteiger partial charge in [-0.05, 0) is 0 Å². The van der Waals surface area contributed by atoms with Gasteiger partial charge in [0.05, 0.1) is 0 Å². The van der Waals surface area contributed by atoms with Crippen molar-refractivity contribution in [2.75, 3.05) is 0 Å². The molecule has 1 heterocycles. The van der Waals surface area contributed by atoms with E-state index in [-0.39, 0.29) is 6.42 Å². The van der Waals surface area contributed by atoms with Crippen molar-refractivity contribution in [2.24, 2.45) is 0 Å². The minimum absolute atomic E-state index is 0.372. The molecule has 0 spiro atoms. The molecule has 10 heavy (non-hydrogen) atoms. The molecule has 0 atom stereocenters. The van der Waals surface area contributed by atoms with E-state index in [1.54, 1.807) is 0 Å². The molecule has 0 amide bonds. The number of hydrogen-bond donors (Lipinski definition) is 2. The molecule has 0 saturated carbocycles. The first kappa shape index (κ1) is 7.74. The van der Waals surface area contributed by atoms with E-state index in [1.807, 2.05) is 0 Å². The van der Waals surface area contributed by atoms with E-state index < -0.39 is 16.4 Å². The van der Waals surface area contributed by atoms with Gasteiger partial charge in [0.25, 0.3) is 0 Å². The average molecular weight is 180 g/mol. The highest BCUT2D eigenvalue weighted by molar-refractivity contribution is 8.00. The summed E-state index contributed by atoms with van der Waals surface area (Å²) in [6.07, 6.45) is -0.372. The summed E-state index contributed by atoms with van der Waals surface area (Å²) in [7, 11) is 0. The number of hydrogen-bond acceptors (Lipinski definition) is 6. The van der Waals surface area contributed by atoms with Gasteiger partial charge < -0.3 is 9.47 Å². The summed E-state index contributed by atoms with van der Waals surface area (Å²) < 4.78 is 7.09. The van der Waals surface area contributed by atoms with E-state index >= 15 is 0 Å². The number of thiol groups is 2. The first-order chi connectivity index (χ1) is 4.49. The van der Waals surface area contributed by atoms with E-state index in [0.29, 0.717) is 0 Å².